The molecule has 1 saturated heterocycles. The zero-order valence-corrected chi connectivity index (χ0v) is 18.2. The predicted molar refractivity (Wildman–Crippen MR) is 118 cm³/mol. The van der Waals surface area contributed by atoms with Crippen molar-refractivity contribution in [1.82, 2.24) is 19.7 Å². The summed E-state index contributed by atoms with van der Waals surface area (Å²) >= 11 is 0. The highest BCUT2D eigenvalue weighted by Gasteiger charge is 2.42. The van der Waals surface area contributed by atoms with Gasteiger partial charge in [0, 0.05) is 25.5 Å². The van der Waals surface area contributed by atoms with E-state index in [4.69, 9.17) is 4.74 Å². The molecule has 0 radical (unpaired) electrons. The number of carbonyl (C=O) groups is 2. The van der Waals surface area contributed by atoms with Gasteiger partial charge >= 0.3 is 0 Å². The first kappa shape index (κ1) is 21.1. The fraction of sp³-hybridized carbons (Fsp3) is 0.375. The summed E-state index contributed by atoms with van der Waals surface area (Å²) in [4.78, 5) is 36.7. The molecule has 2 amide bonds. The van der Waals surface area contributed by atoms with Crippen molar-refractivity contribution in [2.24, 2.45) is 0 Å². The average molecular weight is 421 g/mol. The van der Waals surface area contributed by atoms with Crippen LogP contribution in [-0.4, -0.2) is 71.8 Å². The van der Waals surface area contributed by atoms with Crippen molar-refractivity contribution in [1.29, 1.82) is 0 Å². The average Bonchev–Trinajstić information content (AvgIpc) is 3.04. The summed E-state index contributed by atoms with van der Waals surface area (Å²) in [5.41, 5.74) is 2.54. The Hall–Kier alpha value is -3.19. The minimum absolute atomic E-state index is 0.220. The molecule has 0 bridgehead atoms. The molecule has 2 aliphatic rings. The minimum atomic E-state index is -0.262. The molecular formula is C24H28N4O3. The first-order chi connectivity index (χ1) is 15.0. The van der Waals surface area contributed by atoms with Gasteiger partial charge < -0.3 is 14.5 Å². The summed E-state index contributed by atoms with van der Waals surface area (Å²) in [6.45, 7) is 2.18. The molecular weight excluding hydrogens is 392 g/mol. The standard InChI is InChI=1S/C24H28N4O3/c1-26-14-10-19(11-15-26)27(2)22-21(18-4-6-20(31-3)7-5-18)23(29)28(24(22)30)16-17-8-12-25-13-9-17/h4-9,12-13,19H,10-11,14-16H2,1-3H3. The number of hydrogen-bond donors (Lipinski definition) is 0. The van der Waals surface area contributed by atoms with Crippen molar-refractivity contribution in [3.8, 4) is 5.75 Å². The van der Waals surface area contributed by atoms with Crippen LogP contribution in [0.15, 0.2) is 54.5 Å². The van der Waals surface area contributed by atoms with Crippen LogP contribution in [0.1, 0.15) is 24.0 Å². The van der Waals surface area contributed by atoms with Crippen molar-refractivity contribution in [3.05, 3.63) is 65.6 Å². The van der Waals surface area contributed by atoms with E-state index >= 15 is 0 Å². The van der Waals surface area contributed by atoms with Crippen LogP contribution >= 0.6 is 0 Å². The van der Waals surface area contributed by atoms with Crippen molar-refractivity contribution >= 4 is 17.4 Å². The van der Waals surface area contributed by atoms with E-state index in [9.17, 15) is 9.59 Å². The lowest BCUT2D eigenvalue weighted by Crippen LogP contribution is -2.43. The van der Waals surface area contributed by atoms with Gasteiger partial charge in [0.15, 0.2) is 0 Å². The lowest BCUT2D eigenvalue weighted by molar-refractivity contribution is -0.138. The number of pyridine rings is 1. The molecule has 2 aliphatic heterocycles. The van der Waals surface area contributed by atoms with Gasteiger partial charge in [0.25, 0.3) is 11.8 Å². The van der Waals surface area contributed by atoms with Crippen LogP contribution in [0.2, 0.25) is 0 Å². The van der Waals surface area contributed by atoms with Gasteiger partial charge in [-0.15, -0.1) is 0 Å². The van der Waals surface area contributed by atoms with Gasteiger partial charge in [-0.05, 0) is 68.4 Å². The summed E-state index contributed by atoms with van der Waals surface area (Å²) in [5, 5.41) is 0. The van der Waals surface area contributed by atoms with E-state index in [-0.39, 0.29) is 24.4 Å². The van der Waals surface area contributed by atoms with E-state index in [1.54, 1.807) is 19.5 Å². The molecule has 0 saturated carbocycles. The molecule has 31 heavy (non-hydrogen) atoms. The molecule has 7 nitrogen and oxygen atoms in total. The van der Waals surface area contributed by atoms with Crippen LogP contribution in [0.5, 0.6) is 5.75 Å². The molecule has 2 aromatic rings. The SMILES string of the molecule is COc1ccc(C2=C(N(C)C3CCN(C)CC3)C(=O)N(Cc3ccncc3)C2=O)cc1. The highest BCUT2D eigenvalue weighted by molar-refractivity contribution is 6.35. The third-order valence-electron chi connectivity index (χ3n) is 6.20. The number of likely N-dealkylation sites (tertiary alicyclic amines) is 1. The maximum atomic E-state index is 13.5. The molecule has 0 N–H and O–H groups in total. The van der Waals surface area contributed by atoms with Gasteiger partial charge in [-0.3, -0.25) is 19.5 Å². The highest BCUT2D eigenvalue weighted by Crippen LogP contribution is 2.34. The number of ether oxygens (including phenoxy) is 1. The largest absolute Gasteiger partial charge is 0.497 e. The molecule has 1 aromatic carbocycles. The Labute approximate surface area is 182 Å². The van der Waals surface area contributed by atoms with E-state index in [0.29, 0.717) is 17.0 Å². The fourth-order valence-corrected chi connectivity index (χ4v) is 4.29. The number of amides is 2. The van der Waals surface area contributed by atoms with Crippen LogP contribution in [0.3, 0.4) is 0 Å². The van der Waals surface area contributed by atoms with Crippen LogP contribution < -0.4 is 4.74 Å². The van der Waals surface area contributed by atoms with E-state index < -0.39 is 0 Å². The zero-order chi connectivity index (χ0) is 22.0. The zero-order valence-electron chi connectivity index (χ0n) is 18.2. The monoisotopic (exact) mass is 420 g/mol. The number of nitrogens with zero attached hydrogens (tertiary/aromatic N) is 4. The number of aromatic nitrogens is 1. The number of imide groups is 1. The van der Waals surface area contributed by atoms with Gasteiger partial charge in [-0.2, -0.15) is 0 Å². The van der Waals surface area contributed by atoms with Gasteiger partial charge in [-0.1, -0.05) is 12.1 Å². The Morgan fingerprint density at radius 2 is 1.68 bits per heavy atom. The molecule has 7 heteroatoms. The minimum Gasteiger partial charge on any atom is -0.497 e. The van der Waals surface area contributed by atoms with E-state index in [2.05, 4.69) is 16.9 Å². The van der Waals surface area contributed by atoms with E-state index in [0.717, 1.165) is 37.1 Å². The predicted octanol–water partition coefficient (Wildman–Crippen LogP) is 2.40. The second kappa shape index (κ2) is 8.89. The second-order valence-electron chi connectivity index (χ2n) is 8.15. The van der Waals surface area contributed by atoms with Crippen LogP contribution in [0.4, 0.5) is 0 Å². The van der Waals surface area contributed by atoms with Gasteiger partial charge in [0.05, 0.1) is 19.2 Å². The molecule has 162 valence electrons. The number of methoxy groups -OCH3 is 1. The van der Waals surface area contributed by atoms with Crippen LogP contribution in [0.25, 0.3) is 5.57 Å². The first-order valence-corrected chi connectivity index (χ1v) is 10.5. The Kier molecular flexibility index (Phi) is 6.04. The Bertz CT molecular complexity index is 980. The molecule has 1 fully saturated rings. The number of rotatable bonds is 6. The molecule has 0 unspecified atom stereocenters. The van der Waals surface area contributed by atoms with Gasteiger partial charge in [0.1, 0.15) is 11.4 Å². The maximum absolute atomic E-state index is 13.5. The van der Waals surface area contributed by atoms with Gasteiger partial charge in [-0.25, -0.2) is 0 Å². The lowest BCUT2D eigenvalue weighted by atomic mass is 10.00. The lowest BCUT2D eigenvalue weighted by Gasteiger charge is -2.36. The van der Waals surface area contributed by atoms with E-state index in [1.165, 1.54) is 4.90 Å². The second-order valence-corrected chi connectivity index (χ2v) is 8.15. The summed E-state index contributed by atoms with van der Waals surface area (Å²) in [6.07, 6.45) is 5.25. The Balaban J connectivity index is 1.71. The van der Waals surface area contributed by atoms with Crippen molar-refractivity contribution < 1.29 is 14.3 Å². The maximum Gasteiger partial charge on any atom is 0.278 e. The van der Waals surface area contributed by atoms with Crippen LogP contribution in [0, 0.1) is 0 Å². The summed E-state index contributed by atoms with van der Waals surface area (Å²) in [7, 11) is 5.66. The summed E-state index contributed by atoms with van der Waals surface area (Å²) in [5.74, 6) is 0.204. The summed E-state index contributed by atoms with van der Waals surface area (Å²) < 4.78 is 5.26. The number of piperidine rings is 1. The third-order valence-corrected chi connectivity index (χ3v) is 6.20. The molecule has 1 aromatic heterocycles. The topological polar surface area (TPSA) is 66.0 Å². The smallest absolute Gasteiger partial charge is 0.278 e. The molecule has 0 spiro atoms. The summed E-state index contributed by atoms with van der Waals surface area (Å²) in [6, 6.07) is 11.2. The number of hydrogen-bond acceptors (Lipinski definition) is 6. The van der Waals surface area contributed by atoms with Crippen molar-refractivity contribution in [3.63, 3.8) is 0 Å². The number of likely N-dealkylation sites (N-methyl/N-ethyl adjacent to an activating group) is 1. The van der Waals surface area contributed by atoms with Gasteiger partial charge in [0.2, 0.25) is 0 Å². The Morgan fingerprint density at radius 3 is 2.29 bits per heavy atom. The molecule has 3 heterocycles. The third kappa shape index (κ3) is 4.18. The number of benzene rings is 1. The first-order valence-electron chi connectivity index (χ1n) is 10.5. The molecule has 0 aliphatic carbocycles. The normalized spacial score (nSPS) is 18.1. The number of carbonyl (C=O) groups excluding carboxylic acids is 2. The molecule has 4 rings (SSSR count). The highest BCUT2D eigenvalue weighted by atomic mass is 16.5. The Morgan fingerprint density at radius 1 is 1.03 bits per heavy atom. The van der Waals surface area contributed by atoms with Crippen molar-refractivity contribution in [2.45, 2.75) is 25.4 Å². The van der Waals surface area contributed by atoms with Crippen molar-refractivity contribution in [2.75, 3.05) is 34.3 Å². The fourth-order valence-electron chi connectivity index (χ4n) is 4.29. The quantitative estimate of drug-likeness (QED) is 0.669. The van der Waals surface area contributed by atoms with Crippen LogP contribution in [-0.2, 0) is 16.1 Å². The van der Waals surface area contributed by atoms with E-state index in [1.807, 2.05) is 48.3 Å². The molecule has 0 atom stereocenters.